The third-order valence-corrected chi connectivity index (χ3v) is 3.65. The van der Waals surface area contributed by atoms with Crippen LogP contribution in [0.4, 0.5) is 0 Å². The summed E-state index contributed by atoms with van der Waals surface area (Å²) in [6.45, 7) is 2.67. The van der Waals surface area contributed by atoms with Crippen LogP contribution in [0, 0.1) is 11.3 Å². The first-order chi connectivity index (χ1) is 11.6. The van der Waals surface area contributed by atoms with Gasteiger partial charge in [0.15, 0.2) is 0 Å². The van der Waals surface area contributed by atoms with E-state index in [2.05, 4.69) is 16.7 Å². The van der Waals surface area contributed by atoms with Crippen molar-refractivity contribution >= 4 is 11.8 Å². The van der Waals surface area contributed by atoms with Gasteiger partial charge in [0.05, 0.1) is 24.3 Å². The van der Waals surface area contributed by atoms with E-state index >= 15 is 0 Å². The number of nitrogens with one attached hydrogen (secondary N) is 2. The fourth-order valence-corrected chi connectivity index (χ4v) is 2.41. The van der Waals surface area contributed by atoms with Crippen LogP contribution in [0.5, 0.6) is 5.75 Å². The summed E-state index contributed by atoms with van der Waals surface area (Å²) in [5, 5.41) is 14.3. The van der Waals surface area contributed by atoms with Crippen molar-refractivity contribution in [2.45, 2.75) is 31.9 Å². The summed E-state index contributed by atoms with van der Waals surface area (Å²) in [6.07, 6.45) is 0.587. The molecule has 2 atom stereocenters. The third-order valence-electron chi connectivity index (χ3n) is 3.65. The number of nitrogens with zero attached hydrogens (tertiary/aromatic N) is 1. The third kappa shape index (κ3) is 5.56. The maximum Gasteiger partial charge on any atom is 0.222 e. The molecule has 1 saturated heterocycles. The molecule has 1 aliphatic heterocycles. The average Bonchev–Trinajstić information content (AvgIpc) is 2.57. The van der Waals surface area contributed by atoms with Crippen molar-refractivity contribution in [2.75, 3.05) is 19.8 Å². The Labute approximate surface area is 140 Å². The highest BCUT2D eigenvalue weighted by atomic mass is 16.5. The van der Waals surface area contributed by atoms with Crippen LogP contribution in [0.25, 0.3) is 0 Å². The lowest BCUT2D eigenvalue weighted by Crippen LogP contribution is -2.51. The number of ether oxygens (including phenoxy) is 2. The lowest BCUT2D eigenvalue weighted by Gasteiger charge is -2.32. The molecule has 0 saturated carbocycles. The van der Waals surface area contributed by atoms with Gasteiger partial charge in [-0.2, -0.15) is 5.26 Å². The van der Waals surface area contributed by atoms with Gasteiger partial charge in [-0.3, -0.25) is 9.59 Å². The van der Waals surface area contributed by atoms with Crippen LogP contribution < -0.4 is 15.4 Å². The summed E-state index contributed by atoms with van der Waals surface area (Å²) in [5.41, 5.74) is 0.560. The van der Waals surface area contributed by atoms with Gasteiger partial charge in [0.1, 0.15) is 11.9 Å². The minimum Gasteiger partial charge on any atom is -0.486 e. The number of carbonyl (C=O) groups is 2. The Morgan fingerprint density at radius 2 is 2.12 bits per heavy atom. The molecule has 7 heteroatoms. The maximum absolute atomic E-state index is 12.0. The van der Waals surface area contributed by atoms with Crippen LogP contribution in [-0.4, -0.2) is 43.7 Å². The topological polar surface area (TPSA) is 100 Å². The van der Waals surface area contributed by atoms with Gasteiger partial charge in [0, 0.05) is 26.5 Å². The van der Waals surface area contributed by atoms with Gasteiger partial charge in [-0.15, -0.1) is 0 Å². The Balaban J connectivity index is 1.88. The standard InChI is InChI=1S/C17H21N3O4/c1-12(21)19-8-6-17(22)20-15-7-9-23-11-16(15)24-14-4-2-13(10-18)3-5-14/h2-5,15-16H,6-9,11H2,1H3,(H,19,21)(H,20,22)/t15-,16-/m1/s1. The van der Waals surface area contributed by atoms with Crippen molar-refractivity contribution in [2.24, 2.45) is 0 Å². The fourth-order valence-electron chi connectivity index (χ4n) is 2.41. The van der Waals surface area contributed by atoms with E-state index in [0.29, 0.717) is 37.5 Å². The van der Waals surface area contributed by atoms with Crippen molar-refractivity contribution in [1.82, 2.24) is 10.6 Å². The molecule has 7 nitrogen and oxygen atoms in total. The zero-order chi connectivity index (χ0) is 17.4. The number of amides is 2. The van der Waals surface area contributed by atoms with E-state index in [1.165, 1.54) is 6.92 Å². The van der Waals surface area contributed by atoms with Crippen LogP contribution in [0.2, 0.25) is 0 Å². The molecule has 1 aromatic rings. The maximum atomic E-state index is 12.0. The summed E-state index contributed by atoms with van der Waals surface area (Å²) in [7, 11) is 0. The molecule has 0 radical (unpaired) electrons. The quantitative estimate of drug-likeness (QED) is 0.801. The van der Waals surface area contributed by atoms with E-state index < -0.39 is 0 Å². The number of nitriles is 1. The minimum atomic E-state index is -0.295. The number of hydrogen-bond donors (Lipinski definition) is 2. The molecule has 0 spiro atoms. The second-order valence-electron chi connectivity index (χ2n) is 5.56. The summed E-state index contributed by atoms with van der Waals surface area (Å²) in [6, 6.07) is 8.71. The highest BCUT2D eigenvalue weighted by molar-refractivity contribution is 5.78. The highest BCUT2D eigenvalue weighted by Gasteiger charge is 2.28. The molecule has 1 heterocycles. The monoisotopic (exact) mass is 331 g/mol. The fraction of sp³-hybridized carbons (Fsp3) is 0.471. The summed E-state index contributed by atoms with van der Waals surface area (Å²) >= 11 is 0. The molecule has 0 bridgehead atoms. The largest absolute Gasteiger partial charge is 0.486 e. The van der Waals surface area contributed by atoms with Crippen LogP contribution in [0.1, 0.15) is 25.3 Å². The van der Waals surface area contributed by atoms with Gasteiger partial charge < -0.3 is 20.1 Å². The Morgan fingerprint density at radius 3 is 2.79 bits per heavy atom. The highest BCUT2D eigenvalue weighted by Crippen LogP contribution is 2.18. The number of benzene rings is 1. The van der Waals surface area contributed by atoms with Crippen molar-refractivity contribution in [1.29, 1.82) is 5.26 Å². The predicted molar refractivity (Wildman–Crippen MR) is 86.2 cm³/mol. The Bertz CT molecular complexity index is 609. The van der Waals surface area contributed by atoms with Crippen LogP contribution in [-0.2, 0) is 14.3 Å². The van der Waals surface area contributed by atoms with E-state index in [1.54, 1.807) is 24.3 Å². The van der Waals surface area contributed by atoms with Crippen LogP contribution >= 0.6 is 0 Å². The first-order valence-corrected chi connectivity index (χ1v) is 7.87. The molecular weight excluding hydrogens is 310 g/mol. The van der Waals surface area contributed by atoms with E-state index in [1.807, 2.05) is 0 Å². The van der Waals surface area contributed by atoms with E-state index in [-0.39, 0.29) is 30.4 Å². The summed E-state index contributed by atoms with van der Waals surface area (Å²) in [5.74, 6) is 0.335. The second-order valence-corrected chi connectivity index (χ2v) is 5.56. The van der Waals surface area contributed by atoms with Gasteiger partial charge in [-0.1, -0.05) is 0 Å². The molecule has 2 N–H and O–H groups in total. The van der Waals surface area contributed by atoms with Crippen molar-refractivity contribution in [3.05, 3.63) is 29.8 Å². The van der Waals surface area contributed by atoms with Crippen molar-refractivity contribution in [3.8, 4) is 11.8 Å². The van der Waals surface area contributed by atoms with Gasteiger partial charge >= 0.3 is 0 Å². The number of hydrogen-bond acceptors (Lipinski definition) is 5. The van der Waals surface area contributed by atoms with Gasteiger partial charge in [0.25, 0.3) is 0 Å². The Kier molecular flexibility index (Phi) is 6.58. The molecule has 0 aromatic heterocycles. The molecular formula is C17H21N3O4. The van der Waals surface area contributed by atoms with Crippen LogP contribution in [0.3, 0.4) is 0 Å². The normalized spacial score (nSPS) is 19.8. The van der Waals surface area contributed by atoms with Gasteiger partial charge in [-0.05, 0) is 30.7 Å². The first kappa shape index (κ1) is 17.8. The molecule has 1 aromatic carbocycles. The molecule has 24 heavy (non-hydrogen) atoms. The van der Waals surface area contributed by atoms with E-state index in [4.69, 9.17) is 14.7 Å². The number of rotatable bonds is 6. The molecule has 128 valence electrons. The summed E-state index contributed by atoms with van der Waals surface area (Å²) < 4.78 is 11.3. The lowest BCUT2D eigenvalue weighted by atomic mass is 10.1. The predicted octanol–water partition coefficient (Wildman–Crippen LogP) is 0.737. The first-order valence-electron chi connectivity index (χ1n) is 7.87. The molecule has 2 amide bonds. The molecule has 1 fully saturated rings. The van der Waals surface area contributed by atoms with Crippen molar-refractivity contribution in [3.63, 3.8) is 0 Å². The lowest BCUT2D eigenvalue weighted by molar-refractivity contribution is -0.124. The molecule has 2 rings (SSSR count). The average molecular weight is 331 g/mol. The second kappa shape index (κ2) is 8.89. The summed E-state index contributed by atoms with van der Waals surface area (Å²) in [4.78, 5) is 22.8. The number of carbonyl (C=O) groups excluding carboxylic acids is 2. The SMILES string of the molecule is CC(=O)NCCC(=O)N[C@@H]1CCOC[C@H]1Oc1ccc(C#N)cc1. The molecule has 1 aliphatic rings. The zero-order valence-electron chi connectivity index (χ0n) is 13.6. The Hall–Kier alpha value is -2.59. The Morgan fingerprint density at radius 1 is 1.38 bits per heavy atom. The van der Waals surface area contributed by atoms with Gasteiger partial charge in [-0.25, -0.2) is 0 Å². The minimum absolute atomic E-state index is 0.135. The van der Waals surface area contributed by atoms with Crippen molar-refractivity contribution < 1.29 is 19.1 Å². The molecule has 0 aliphatic carbocycles. The van der Waals surface area contributed by atoms with E-state index in [0.717, 1.165) is 0 Å². The van der Waals surface area contributed by atoms with Gasteiger partial charge in [0.2, 0.25) is 11.8 Å². The van der Waals surface area contributed by atoms with E-state index in [9.17, 15) is 9.59 Å². The zero-order valence-corrected chi connectivity index (χ0v) is 13.6. The van der Waals surface area contributed by atoms with Crippen LogP contribution in [0.15, 0.2) is 24.3 Å². The molecule has 0 unspecified atom stereocenters. The smallest absolute Gasteiger partial charge is 0.222 e.